The van der Waals surface area contributed by atoms with Gasteiger partial charge in [-0.15, -0.1) is 5.10 Å². The largest absolute Gasteiger partial charge is 0.322 e. The van der Waals surface area contributed by atoms with E-state index >= 15 is 0 Å². The molecule has 0 saturated carbocycles. The van der Waals surface area contributed by atoms with Crippen molar-refractivity contribution in [1.29, 1.82) is 0 Å². The first kappa shape index (κ1) is 14.6. The molecule has 2 aromatic carbocycles. The molecule has 1 heterocycles. The summed E-state index contributed by atoms with van der Waals surface area (Å²) in [6.07, 6.45) is 3.35. The highest BCUT2D eigenvalue weighted by molar-refractivity contribution is 6.06. The third kappa shape index (κ3) is 3.68. The van der Waals surface area contributed by atoms with Gasteiger partial charge in [-0.2, -0.15) is 0 Å². The average molecular weight is 305 g/mol. The molecule has 6 heteroatoms. The van der Waals surface area contributed by atoms with Crippen molar-refractivity contribution in [3.63, 3.8) is 0 Å². The Hall–Kier alpha value is -3.28. The van der Waals surface area contributed by atoms with Gasteiger partial charge in [0.25, 0.3) is 5.91 Å². The highest BCUT2D eigenvalue weighted by Crippen LogP contribution is 2.15. The molecule has 3 rings (SSSR count). The molecule has 0 atom stereocenters. The van der Waals surface area contributed by atoms with Crippen molar-refractivity contribution >= 4 is 17.7 Å². The van der Waals surface area contributed by atoms with Gasteiger partial charge < -0.3 is 5.32 Å². The summed E-state index contributed by atoms with van der Waals surface area (Å²) in [6, 6.07) is 17.0. The maximum absolute atomic E-state index is 12.3. The Morgan fingerprint density at radius 2 is 1.96 bits per heavy atom. The molecule has 0 radical (unpaired) electrons. The van der Waals surface area contributed by atoms with Gasteiger partial charge in [-0.1, -0.05) is 36.4 Å². The van der Waals surface area contributed by atoms with Crippen LogP contribution in [0.3, 0.4) is 0 Å². The number of amides is 1. The maximum Gasteiger partial charge on any atom is 0.251 e. The lowest BCUT2D eigenvalue weighted by atomic mass is 10.1. The van der Waals surface area contributed by atoms with Crippen LogP contribution >= 0.6 is 0 Å². The molecule has 1 aromatic heterocycles. The standard InChI is InChI=1S/C17H15N5O/c1-13(10-14-6-3-2-4-7-14)17(23)19-15-8-5-9-16(11-15)22-12-18-20-21-22/h2-12H,1H3,(H,19,23)/b13-10-. The Morgan fingerprint density at radius 1 is 1.13 bits per heavy atom. The van der Waals surface area contributed by atoms with Gasteiger partial charge in [-0.05, 0) is 47.2 Å². The Balaban J connectivity index is 1.75. The van der Waals surface area contributed by atoms with Crippen molar-refractivity contribution in [3.05, 3.63) is 72.1 Å². The number of carbonyl (C=O) groups is 1. The highest BCUT2D eigenvalue weighted by atomic mass is 16.1. The first-order valence-corrected chi connectivity index (χ1v) is 7.10. The molecule has 0 bridgehead atoms. The van der Waals surface area contributed by atoms with Gasteiger partial charge in [0.15, 0.2) is 0 Å². The highest BCUT2D eigenvalue weighted by Gasteiger charge is 2.06. The van der Waals surface area contributed by atoms with E-state index in [-0.39, 0.29) is 5.91 Å². The van der Waals surface area contributed by atoms with Crippen LogP contribution in [-0.2, 0) is 4.79 Å². The molecule has 0 spiro atoms. The number of hydrogen-bond acceptors (Lipinski definition) is 4. The quantitative estimate of drug-likeness (QED) is 0.752. The number of nitrogens with one attached hydrogen (secondary N) is 1. The van der Waals surface area contributed by atoms with E-state index in [0.29, 0.717) is 11.3 Å². The number of carbonyl (C=O) groups excluding carboxylic acids is 1. The molecule has 0 unspecified atom stereocenters. The van der Waals surface area contributed by atoms with Crippen LogP contribution in [0.2, 0.25) is 0 Å². The van der Waals surface area contributed by atoms with Crippen molar-refractivity contribution in [2.45, 2.75) is 6.92 Å². The predicted molar refractivity (Wildman–Crippen MR) is 87.9 cm³/mol. The maximum atomic E-state index is 12.3. The number of anilines is 1. The van der Waals surface area contributed by atoms with Crippen LogP contribution in [0, 0.1) is 0 Å². The third-order valence-electron chi connectivity index (χ3n) is 3.26. The summed E-state index contributed by atoms with van der Waals surface area (Å²) in [5.41, 5.74) is 3.08. The number of benzene rings is 2. The molecule has 6 nitrogen and oxygen atoms in total. The second-order valence-electron chi connectivity index (χ2n) is 5.00. The zero-order valence-corrected chi connectivity index (χ0v) is 12.5. The van der Waals surface area contributed by atoms with Gasteiger partial charge in [0.05, 0.1) is 5.69 Å². The van der Waals surface area contributed by atoms with Crippen LogP contribution in [-0.4, -0.2) is 26.1 Å². The summed E-state index contributed by atoms with van der Waals surface area (Å²) < 4.78 is 1.53. The minimum Gasteiger partial charge on any atom is -0.322 e. The fourth-order valence-corrected chi connectivity index (χ4v) is 2.10. The molecule has 0 saturated heterocycles. The fourth-order valence-electron chi connectivity index (χ4n) is 2.10. The van der Waals surface area contributed by atoms with Gasteiger partial charge in [-0.3, -0.25) is 4.79 Å². The minimum absolute atomic E-state index is 0.150. The number of nitrogens with zero attached hydrogens (tertiary/aromatic N) is 4. The van der Waals surface area contributed by atoms with Gasteiger partial charge >= 0.3 is 0 Å². The first-order valence-electron chi connectivity index (χ1n) is 7.10. The molecule has 1 amide bonds. The summed E-state index contributed by atoms with van der Waals surface area (Å²) in [6.45, 7) is 1.79. The van der Waals surface area contributed by atoms with E-state index in [1.54, 1.807) is 6.92 Å². The van der Waals surface area contributed by atoms with E-state index in [1.165, 1.54) is 11.0 Å². The SMILES string of the molecule is C/C(=C/c1ccccc1)C(=O)Nc1cccc(-n2cnnn2)c1. The molecule has 0 aliphatic carbocycles. The smallest absolute Gasteiger partial charge is 0.251 e. The third-order valence-corrected chi connectivity index (χ3v) is 3.26. The van der Waals surface area contributed by atoms with E-state index < -0.39 is 0 Å². The van der Waals surface area contributed by atoms with Gasteiger partial charge in [0, 0.05) is 11.3 Å². The van der Waals surface area contributed by atoms with Crippen molar-refractivity contribution in [1.82, 2.24) is 20.2 Å². The van der Waals surface area contributed by atoms with E-state index in [2.05, 4.69) is 20.8 Å². The van der Waals surface area contributed by atoms with E-state index in [9.17, 15) is 4.79 Å². The van der Waals surface area contributed by atoms with Crippen molar-refractivity contribution < 1.29 is 4.79 Å². The molecule has 1 N–H and O–H groups in total. The van der Waals surface area contributed by atoms with Crippen molar-refractivity contribution in [2.75, 3.05) is 5.32 Å². The van der Waals surface area contributed by atoms with Crippen LogP contribution in [0.5, 0.6) is 0 Å². The summed E-state index contributed by atoms with van der Waals surface area (Å²) in [7, 11) is 0. The molecular weight excluding hydrogens is 290 g/mol. The number of aromatic nitrogens is 4. The summed E-state index contributed by atoms with van der Waals surface area (Å²) in [4.78, 5) is 12.3. The Bertz CT molecular complexity index is 825. The number of tetrazole rings is 1. The van der Waals surface area contributed by atoms with Gasteiger partial charge in [-0.25, -0.2) is 4.68 Å². The van der Waals surface area contributed by atoms with Crippen LogP contribution in [0.4, 0.5) is 5.69 Å². The lowest BCUT2D eigenvalue weighted by Gasteiger charge is -2.07. The molecule has 23 heavy (non-hydrogen) atoms. The van der Waals surface area contributed by atoms with Gasteiger partial charge in [0.2, 0.25) is 0 Å². The second-order valence-corrected chi connectivity index (χ2v) is 5.00. The second kappa shape index (κ2) is 6.65. The zero-order valence-electron chi connectivity index (χ0n) is 12.5. The Morgan fingerprint density at radius 3 is 2.70 bits per heavy atom. The van der Waals surface area contributed by atoms with E-state index in [0.717, 1.165) is 11.3 Å². The Labute approximate surface area is 133 Å². The lowest BCUT2D eigenvalue weighted by Crippen LogP contribution is -2.12. The lowest BCUT2D eigenvalue weighted by molar-refractivity contribution is -0.112. The predicted octanol–water partition coefficient (Wildman–Crippen LogP) is 2.70. The van der Waals surface area contributed by atoms with E-state index in [4.69, 9.17) is 0 Å². The normalized spacial score (nSPS) is 11.3. The topological polar surface area (TPSA) is 72.7 Å². The monoisotopic (exact) mass is 305 g/mol. The average Bonchev–Trinajstić information content (AvgIpc) is 3.10. The van der Waals surface area contributed by atoms with E-state index in [1.807, 2.05) is 60.7 Å². The molecular formula is C17H15N5O. The van der Waals surface area contributed by atoms with Crippen LogP contribution in [0.25, 0.3) is 11.8 Å². The molecule has 0 aliphatic rings. The molecule has 0 fully saturated rings. The summed E-state index contributed by atoms with van der Waals surface area (Å²) in [5, 5.41) is 13.9. The molecule has 3 aromatic rings. The van der Waals surface area contributed by atoms with Gasteiger partial charge in [0.1, 0.15) is 6.33 Å². The Kier molecular flexibility index (Phi) is 4.24. The van der Waals surface area contributed by atoms with Crippen LogP contribution < -0.4 is 5.32 Å². The first-order chi connectivity index (χ1) is 11.2. The number of hydrogen-bond donors (Lipinski definition) is 1. The molecule has 0 aliphatic heterocycles. The van der Waals surface area contributed by atoms with Crippen LogP contribution in [0.15, 0.2) is 66.5 Å². The summed E-state index contributed by atoms with van der Waals surface area (Å²) in [5.74, 6) is -0.150. The van der Waals surface area contributed by atoms with Crippen LogP contribution in [0.1, 0.15) is 12.5 Å². The zero-order chi connectivity index (χ0) is 16.1. The fraction of sp³-hybridized carbons (Fsp3) is 0.0588. The minimum atomic E-state index is -0.150. The number of rotatable bonds is 4. The summed E-state index contributed by atoms with van der Waals surface area (Å²) >= 11 is 0. The van der Waals surface area contributed by atoms with Crippen molar-refractivity contribution in [3.8, 4) is 5.69 Å². The van der Waals surface area contributed by atoms with Crippen molar-refractivity contribution in [2.24, 2.45) is 0 Å². The molecule has 114 valence electrons.